The summed E-state index contributed by atoms with van der Waals surface area (Å²) in [5, 5.41) is 3.16. The number of amides is 1. The predicted molar refractivity (Wildman–Crippen MR) is 129 cm³/mol. The number of benzene rings is 2. The van der Waals surface area contributed by atoms with Crippen LogP contribution in [0.4, 0.5) is 11.6 Å². The molecule has 7 heteroatoms. The smallest absolute Gasteiger partial charge is 0.252 e. The Balaban J connectivity index is 1.50. The van der Waals surface area contributed by atoms with Crippen molar-refractivity contribution in [3.8, 4) is 11.1 Å². The van der Waals surface area contributed by atoms with Crippen LogP contribution in [0.25, 0.3) is 11.1 Å². The predicted octanol–water partition coefficient (Wildman–Crippen LogP) is 3.28. The first kappa shape index (κ1) is 21.8. The Morgan fingerprint density at radius 2 is 1.75 bits per heavy atom. The molecular weight excluding hydrogens is 400 g/mol. The van der Waals surface area contributed by atoms with Crippen LogP contribution in [0.15, 0.2) is 54.9 Å². The molecule has 1 aliphatic heterocycles. The summed E-state index contributed by atoms with van der Waals surface area (Å²) in [7, 11) is 2.14. The average molecular weight is 431 g/mol. The Bertz CT molecular complexity index is 1090. The van der Waals surface area contributed by atoms with Crippen LogP contribution in [0.5, 0.6) is 0 Å². The minimum atomic E-state index is -0.149. The lowest BCUT2D eigenvalue weighted by molar-refractivity contribution is 0.0939. The lowest BCUT2D eigenvalue weighted by Crippen LogP contribution is -2.44. The van der Waals surface area contributed by atoms with Crippen LogP contribution in [0.2, 0.25) is 0 Å². The molecule has 0 radical (unpaired) electrons. The van der Waals surface area contributed by atoms with E-state index in [2.05, 4.69) is 38.2 Å². The monoisotopic (exact) mass is 430 g/mol. The van der Waals surface area contributed by atoms with Crippen LogP contribution in [0.3, 0.4) is 0 Å². The van der Waals surface area contributed by atoms with Crippen LogP contribution < -0.4 is 16.0 Å². The number of aromatic nitrogens is 2. The van der Waals surface area contributed by atoms with Crippen molar-refractivity contribution in [2.24, 2.45) is 0 Å². The second kappa shape index (κ2) is 9.36. The third-order valence-corrected chi connectivity index (χ3v) is 6.07. The minimum Gasteiger partial charge on any atom is -0.369 e. The fourth-order valence-electron chi connectivity index (χ4n) is 3.95. The SMILES string of the molecule is Cc1ccc(N2CCN(C)CC2)cc1C(=O)N[C@H](C)c1cccc(-c2cnc(N)nc2)c1. The van der Waals surface area contributed by atoms with Crippen molar-refractivity contribution in [1.29, 1.82) is 0 Å². The number of piperazine rings is 1. The van der Waals surface area contributed by atoms with Crippen molar-refractivity contribution in [3.63, 3.8) is 0 Å². The third kappa shape index (κ3) is 4.89. The summed E-state index contributed by atoms with van der Waals surface area (Å²) in [6.07, 6.45) is 3.41. The van der Waals surface area contributed by atoms with E-state index < -0.39 is 0 Å². The minimum absolute atomic E-state index is 0.0628. The third-order valence-electron chi connectivity index (χ3n) is 6.07. The quantitative estimate of drug-likeness (QED) is 0.646. The molecule has 7 nitrogen and oxygen atoms in total. The van der Waals surface area contributed by atoms with E-state index in [1.807, 2.05) is 50.2 Å². The summed E-state index contributed by atoms with van der Waals surface area (Å²) in [6, 6.07) is 14.1. The molecule has 166 valence electrons. The van der Waals surface area contributed by atoms with E-state index in [1.54, 1.807) is 12.4 Å². The summed E-state index contributed by atoms with van der Waals surface area (Å²) in [5.41, 5.74) is 11.3. The molecule has 3 N–H and O–H groups in total. The first-order chi connectivity index (χ1) is 15.4. The van der Waals surface area contributed by atoms with Crippen molar-refractivity contribution in [2.45, 2.75) is 19.9 Å². The van der Waals surface area contributed by atoms with Gasteiger partial charge in [-0.3, -0.25) is 4.79 Å². The summed E-state index contributed by atoms with van der Waals surface area (Å²) in [6.45, 7) is 7.98. The molecule has 4 rings (SSSR count). The van der Waals surface area contributed by atoms with Gasteiger partial charge < -0.3 is 20.9 Å². The number of nitrogens with one attached hydrogen (secondary N) is 1. The molecule has 1 aliphatic rings. The van der Waals surface area contributed by atoms with E-state index in [-0.39, 0.29) is 17.9 Å². The molecule has 2 heterocycles. The second-order valence-corrected chi connectivity index (χ2v) is 8.44. The van der Waals surface area contributed by atoms with Gasteiger partial charge in [-0.2, -0.15) is 0 Å². The number of nitrogens with zero attached hydrogens (tertiary/aromatic N) is 4. The molecule has 3 aromatic rings. The maximum absolute atomic E-state index is 13.2. The average Bonchev–Trinajstić information content (AvgIpc) is 2.80. The molecule has 1 aromatic heterocycles. The molecule has 1 saturated heterocycles. The number of hydrogen-bond donors (Lipinski definition) is 2. The molecule has 1 fully saturated rings. The van der Waals surface area contributed by atoms with Gasteiger partial charge in [-0.25, -0.2) is 9.97 Å². The summed E-state index contributed by atoms with van der Waals surface area (Å²) in [4.78, 5) is 26.0. The molecule has 0 bridgehead atoms. The zero-order chi connectivity index (χ0) is 22.7. The standard InChI is InChI=1S/C25H30N6O/c1-17-7-8-22(31-11-9-30(3)10-12-31)14-23(17)24(32)29-18(2)19-5-4-6-20(13-19)21-15-27-25(26)28-16-21/h4-8,13-16,18H,9-12H2,1-3H3,(H,29,32)(H2,26,27,28)/t18-/m1/s1. The van der Waals surface area contributed by atoms with Gasteiger partial charge in [-0.15, -0.1) is 0 Å². The highest BCUT2D eigenvalue weighted by Crippen LogP contribution is 2.24. The van der Waals surface area contributed by atoms with Crippen LogP contribution >= 0.6 is 0 Å². The van der Waals surface area contributed by atoms with Crippen LogP contribution in [0.1, 0.15) is 34.5 Å². The number of aryl methyl sites for hydroxylation is 1. The maximum Gasteiger partial charge on any atom is 0.252 e. The van der Waals surface area contributed by atoms with Crippen molar-refractivity contribution in [3.05, 3.63) is 71.5 Å². The topological polar surface area (TPSA) is 87.4 Å². The largest absolute Gasteiger partial charge is 0.369 e. The molecule has 0 aliphatic carbocycles. The number of rotatable bonds is 5. The van der Waals surface area contributed by atoms with Crippen molar-refractivity contribution in [1.82, 2.24) is 20.2 Å². The van der Waals surface area contributed by atoms with Crippen LogP contribution in [-0.4, -0.2) is 54.0 Å². The Morgan fingerprint density at radius 1 is 1.03 bits per heavy atom. The number of anilines is 2. The summed E-state index contributed by atoms with van der Waals surface area (Å²) < 4.78 is 0. The Morgan fingerprint density at radius 3 is 2.47 bits per heavy atom. The normalized spacial score (nSPS) is 15.4. The number of nitrogen functional groups attached to an aromatic ring is 1. The Hall–Kier alpha value is -3.45. The van der Waals surface area contributed by atoms with Gasteiger partial charge in [0.05, 0.1) is 6.04 Å². The number of nitrogens with two attached hydrogens (primary N) is 1. The number of likely N-dealkylation sites (N-methyl/N-ethyl adjacent to an activating group) is 1. The molecule has 0 spiro atoms. The first-order valence-electron chi connectivity index (χ1n) is 10.9. The van der Waals surface area contributed by atoms with Gasteiger partial charge in [0.25, 0.3) is 5.91 Å². The van der Waals surface area contributed by atoms with Crippen molar-refractivity contribution in [2.75, 3.05) is 43.9 Å². The second-order valence-electron chi connectivity index (χ2n) is 8.44. The van der Waals surface area contributed by atoms with Crippen LogP contribution in [0, 0.1) is 6.92 Å². The number of carbonyl (C=O) groups is 1. The molecule has 2 aromatic carbocycles. The fraction of sp³-hybridized carbons (Fsp3) is 0.320. The van der Waals surface area contributed by atoms with Gasteiger partial charge in [-0.1, -0.05) is 24.3 Å². The lowest BCUT2D eigenvalue weighted by Gasteiger charge is -2.34. The number of carbonyl (C=O) groups excluding carboxylic acids is 1. The molecular formula is C25H30N6O. The maximum atomic E-state index is 13.2. The summed E-state index contributed by atoms with van der Waals surface area (Å²) in [5.74, 6) is 0.187. The first-order valence-corrected chi connectivity index (χ1v) is 10.9. The molecule has 1 amide bonds. The van der Waals surface area contributed by atoms with Crippen molar-refractivity contribution < 1.29 is 4.79 Å². The van der Waals surface area contributed by atoms with E-state index in [4.69, 9.17) is 5.73 Å². The van der Waals surface area contributed by atoms with E-state index in [9.17, 15) is 4.79 Å². The highest BCUT2D eigenvalue weighted by atomic mass is 16.1. The van der Waals surface area contributed by atoms with Gasteiger partial charge >= 0.3 is 0 Å². The molecule has 32 heavy (non-hydrogen) atoms. The van der Waals surface area contributed by atoms with E-state index in [0.717, 1.165) is 59.7 Å². The highest BCUT2D eigenvalue weighted by Gasteiger charge is 2.18. The van der Waals surface area contributed by atoms with Crippen LogP contribution in [-0.2, 0) is 0 Å². The molecule has 0 saturated carbocycles. The fourth-order valence-corrected chi connectivity index (χ4v) is 3.95. The number of hydrogen-bond acceptors (Lipinski definition) is 6. The summed E-state index contributed by atoms with van der Waals surface area (Å²) >= 11 is 0. The van der Waals surface area contributed by atoms with Gasteiger partial charge in [0, 0.05) is 55.4 Å². The Kier molecular flexibility index (Phi) is 6.37. The molecule has 0 unspecified atom stereocenters. The Labute approximate surface area is 189 Å². The van der Waals surface area contributed by atoms with E-state index >= 15 is 0 Å². The molecule has 1 atom stereocenters. The van der Waals surface area contributed by atoms with E-state index in [0.29, 0.717) is 0 Å². The van der Waals surface area contributed by atoms with Crippen molar-refractivity contribution >= 4 is 17.5 Å². The zero-order valence-electron chi connectivity index (χ0n) is 18.9. The highest BCUT2D eigenvalue weighted by molar-refractivity contribution is 5.96. The lowest BCUT2D eigenvalue weighted by atomic mass is 10.0. The van der Waals surface area contributed by atoms with Gasteiger partial charge in [0.15, 0.2) is 0 Å². The zero-order valence-corrected chi connectivity index (χ0v) is 18.9. The van der Waals surface area contributed by atoms with Gasteiger partial charge in [0.1, 0.15) is 0 Å². The van der Waals surface area contributed by atoms with E-state index in [1.165, 1.54) is 0 Å². The van der Waals surface area contributed by atoms with Gasteiger partial charge in [0.2, 0.25) is 5.95 Å². The van der Waals surface area contributed by atoms with Gasteiger partial charge in [-0.05, 0) is 55.8 Å².